The topological polar surface area (TPSA) is 81.8 Å². The number of ether oxygens (including phenoxy) is 1. The second-order valence-corrected chi connectivity index (χ2v) is 4.44. The Morgan fingerprint density at radius 2 is 2.19 bits per heavy atom. The molecule has 0 saturated heterocycles. The van der Waals surface area contributed by atoms with E-state index in [1.807, 2.05) is 6.92 Å². The Hall–Kier alpha value is -1.56. The molecule has 1 atom stereocenters. The number of nitrogens with zero attached hydrogens (tertiary/aromatic N) is 1. The molecule has 0 aliphatic carbocycles. The molecule has 0 heterocycles. The van der Waals surface area contributed by atoms with Gasteiger partial charge in [0, 0.05) is 10.6 Å². The molecule has 0 aromatic heterocycles. The van der Waals surface area contributed by atoms with E-state index in [0.717, 1.165) is 5.56 Å². The zero-order valence-corrected chi connectivity index (χ0v) is 10.0. The van der Waals surface area contributed by atoms with Crippen molar-refractivity contribution in [1.29, 1.82) is 0 Å². The third kappa shape index (κ3) is 3.54. The minimum atomic E-state index is -2.14. The molecule has 1 rings (SSSR count). The highest BCUT2D eigenvalue weighted by Gasteiger charge is 2.01. The lowest BCUT2D eigenvalue weighted by Crippen LogP contribution is -1.98. The van der Waals surface area contributed by atoms with Gasteiger partial charge in [-0.2, -0.15) is 0 Å². The number of carbonyl (C=O) groups excluding carboxylic acids is 1. The number of nitrogen functional groups attached to an aromatic ring is 1. The van der Waals surface area contributed by atoms with E-state index in [4.69, 9.17) is 5.73 Å². The van der Waals surface area contributed by atoms with Crippen molar-refractivity contribution in [3.8, 4) is 0 Å². The molecule has 16 heavy (non-hydrogen) atoms. The second kappa shape index (κ2) is 5.50. The maximum atomic E-state index is 11.7. The zero-order chi connectivity index (χ0) is 12.1. The Balaban J connectivity index is 3.00. The quantitative estimate of drug-likeness (QED) is 0.611. The van der Waals surface area contributed by atoms with Crippen LogP contribution in [0.2, 0.25) is 0 Å². The lowest BCUT2D eigenvalue weighted by molar-refractivity contribution is 0.164. The Bertz CT molecular complexity index is 459. The average molecular weight is 242 g/mol. The minimum absolute atomic E-state index is 0.210. The summed E-state index contributed by atoms with van der Waals surface area (Å²) in [6.07, 6.45) is -0.816. The predicted octanol–water partition coefficient (Wildman–Crippen LogP) is 1.76. The van der Waals surface area contributed by atoms with Gasteiger partial charge in [0.25, 0.3) is 0 Å². The summed E-state index contributed by atoms with van der Waals surface area (Å²) < 4.78 is 19.6. The van der Waals surface area contributed by atoms with Gasteiger partial charge in [0.2, 0.25) is 0 Å². The van der Waals surface area contributed by atoms with Crippen LogP contribution in [0.4, 0.5) is 10.5 Å². The number of hydrogen-bond donors (Lipinski definition) is 2. The summed E-state index contributed by atoms with van der Waals surface area (Å²) in [5.41, 5.74) is 6.97. The Morgan fingerprint density at radius 1 is 1.50 bits per heavy atom. The van der Waals surface area contributed by atoms with E-state index in [0.29, 0.717) is 10.6 Å². The molecule has 1 unspecified atom stereocenters. The van der Waals surface area contributed by atoms with Crippen LogP contribution in [0, 0.1) is 6.92 Å². The van der Waals surface area contributed by atoms with Crippen molar-refractivity contribution < 1.29 is 13.7 Å². The molecule has 0 aliphatic heterocycles. The van der Waals surface area contributed by atoms with E-state index in [9.17, 15) is 9.00 Å². The van der Waals surface area contributed by atoms with Crippen LogP contribution in [0.3, 0.4) is 0 Å². The summed E-state index contributed by atoms with van der Waals surface area (Å²) >= 11 is 0. The molecule has 0 radical (unpaired) electrons. The molecule has 1 amide bonds. The van der Waals surface area contributed by atoms with Crippen molar-refractivity contribution in [2.45, 2.75) is 18.7 Å². The van der Waals surface area contributed by atoms with Crippen molar-refractivity contribution >= 4 is 22.4 Å². The van der Waals surface area contributed by atoms with Crippen LogP contribution in [-0.4, -0.2) is 16.9 Å². The maximum absolute atomic E-state index is 11.7. The Kier molecular flexibility index (Phi) is 4.30. The standard InChI is InChI=1S/C10H14N2O3S/c1-3-15-10(13)12-16(14)9-5-7(2)4-8(11)6-9/h4-6,16H,3,11H2,1-2H3. The van der Waals surface area contributed by atoms with Crippen molar-refractivity contribution in [3.05, 3.63) is 23.8 Å². The first-order chi connectivity index (χ1) is 7.52. The van der Waals surface area contributed by atoms with Crippen LogP contribution in [0.25, 0.3) is 0 Å². The molecule has 0 saturated carbocycles. The molecule has 1 aromatic rings. The monoisotopic (exact) mass is 242 g/mol. The summed E-state index contributed by atoms with van der Waals surface area (Å²) in [5.74, 6) is 0. The average Bonchev–Trinajstić information content (AvgIpc) is 2.16. The fourth-order valence-corrected chi connectivity index (χ4v) is 2.08. The molecule has 6 heteroatoms. The molecule has 1 aromatic carbocycles. The van der Waals surface area contributed by atoms with E-state index in [2.05, 4.69) is 9.10 Å². The second-order valence-electron chi connectivity index (χ2n) is 3.17. The van der Waals surface area contributed by atoms with Gasteiger partial charge in [0.15, 0.2) is 0 Å². The van der Waals surface area contributed by atoms with Gasteiger partial charge in [-0.3, -0.25) is 0 Å². The lowest BCUT2D eigenvalue weighted by atomic mass is 10.2. The molecule has 2 N–H and O–H groups in total. The summed E-state index contributed by atoms with van der Waals surface area (Å²) in [7, 11) is -2.14. The number of aryl methyl sites for hydroxylation is 1. The van der Waals surface area contributed by atoms with Crippen LogP contribution in [0.5, 0.6) is 0 Å². The van der Waals surface area contributed by atoms with Crippen LogP contribution in [0.15, 0.2) is 27.5 Å². The highest BCUT2D eigenvalue weighted by Crippen LogP contribution is 2.13. The molecule has 5 nitrogen and oxygen atoms in total. The van der Waals surface area contributed by atoms with Gasteiger partial charge < -0.3 is 10.5 Å². The first-order valence-electron chi connectivity index (χ1n) is 4.75. The maximum Gasteiger partial charge on any atom is 0.441 e. The van der Waals surface area contributed by atoms with Crippen molar-refractivity contribution in [2.75, 3.05) is 12.3 Å². The summed E-state index contributed by atoms with van der Waals surface area (Å²) in [4.78, 5) is 11.4. The third-order valence-electron chi connectivity index (χ3n) is 1.75. The highest BCUT2D eigenvalue weighted by molar-refractivity contribution is 7.75. The Labute approximate surface area is 95.8 Å². The van der Waals surface area contributed by atoms with Crippen LogP contribution in [0.1, 0.15) is 12.5 Å². The van der Waals surface area contributed by atoms with Crippen LogP contribution in [-0.2, 0) is 15.3 Å². The largest absolute Gasteiger partial charge is 0.448 e. The number of thiol groups is 1. The normalized spacial score (nSPS) is 12.4. The molecule has 88 valence electrons. The van der Waals surface area contributed by atoms with Crippen LogP contribution >= 0.6 is 0 Å². The third-order valence-corrected chi connectivity index (χ3v) is 2.79. The molecule has 0 spiro atoms. The smallest absolute Gasteiger partial charge is 0.441 e. The first-order valence-corrected chi connectivity index (χ1v) is 5.97. The van der Waals surface area contributed by atoms with Gasteiger partial charge >= 0.3 is 6.09 Å². The zero-order valence-electron chi connectivity index (χ0n) is 9.14. The van der Waals surface area contributed by atoms with Gasteiger partial charge in [0.05, 0.1) is 17.2 Å². The van der Waals surface area contributed by atoms with Gasteiger partial charge in [-0.25, -0.2) is 9.00 Å². The van der Waals surface area contributed by atoms with Crippen molar-refractivity contribution in [3.63, 3.8) is 0 Å². The van der Waals surface area contributed by atoms with Gasteiger partial charge in [-0.05, 0) is 37.6 Å². The molecule has 0 bridgehead atoms. The van der Waals surface area contributed by atoms with Crippen LogP contribution < -0.4 is 5.73 Å². The number of amides is 1. The first kappa shape index (κ1) is 12.5. The van der Waals surface area contributed by atoms with Gasteiger partial charge in [-0.15, -0.1) is 4.36 Å². The minimum Gasteiger partial charge on any atom is -0.448 e. The van der Waals surface area contributed by atoms with Gasteiger partial charge in [-0.1, -0.05) is 0 Å². The van der Waals surface area contributed by atoms with E-state index in [1.165, 1.54) is 6.07 Å². The van der Waals surface area contributed by atoms with E-state index in [1.54, 1.807) is 19.1 Å². The van der Waals surface area contributed by atoms with Gasteiger partial charge in [0.1, 0.15) is 0 Å². The molecule has 0 aliphatic rings. The molecular formula is C10H14N2O3S. The highest BCUT2D eigenvalue weighted by atomic mass is 32.2. The van der Waals surface area contributed by atoms with Crippen molar-refractivity contribution in [1.82, 2.24) is 0 Å². The van der Waals surface area contributed by atoms with Crippen molar-refractivity contribution in [2.24, 2.45) is 4.36 Å². The number of rotatable bonds is 2. The van der Waals surface area contributed by atoms with E-state index >= 15 is 0 Å². The lowest BCUT2D eigenvalue weighted by Gasteiger charge is -2.00. The molecular weight excluding hydrogens is 228 g/mol. The number of nitrogens with two attached hydrogens (primary N) is 1. The fraction of sp³-hybridized carbons (Fsp3) is 0.300. The number of benzene rings is 1. The number of carbonyl (C=O) groups is 1. The van der Waals surface area contributed by atoms with E-state index in [-0.39, 0.29) is 6.61 Å². The molecule has 0 fully saturated rings. The number of hydrogen-bond acceptors (Lipinski definition) is 4. The summed E-state index contributed by atoms with van der Waals surface area (Å²) in [5, 5.41) is 0. The summed E-state index contributed by atoms with van der Waals surface area (Å²) in [6.45, 7) is 3.69. The SMILES string of the molecule is CCOC(=O)/N=[SH](=O)/c1cc(C)cc(N)c1. The fourth-order valence-electron chi connectivity index (χ4n) is 1.19. The van der Waals surface area contributed by atoms with E-state index < -0.39 is 16.7 Å². The number of anilines is 1. The summed E-state index contributed by atoms with van der Waals surface area (Å²) in [6, 6.07) is 4.96. The Morgan fingerprint density at radius 3 is 2.75 bits per heavy atom. The predicted molar refractivity (Wildman–Crippen MR) is 62.8 cm³/mol.